The van der Waals surface area contributed by atoms with Gasteiger partial charge in [-0.3, -0.25) is 14.4 Å². The molecule has 3 aliphatic heterocycles. The predicted molar refractivity (Wildman–Crippen MR) is 103 cm³/mol. The summed E-state index contributed by atoms with van der Waals surface area (Å²) in [6.07, 6.45) is 1.83. The predicted octanol–water partition coefficient (Wildman–Crippen LogP) is 2.54. The highest BCUT2D eigenvalue weighted by Gasteiger charge is 2.76. The molecule has 6 nitrogen and oxygen atoms in total. The summed E-state index contributed by atoms with van der Waals surface area (Å²) in [6, 6.07) is 12.2. The van der Waals surface area contributed by atoms with Crippen molar-refractivity contribution in [3.05, 3.63) is 70.4 Å². The van der Waals surface area contributed by atoms with Crippen LogP contribution >= 0.6 is 11.6 Å². The Morgan fingerprint density at radius 2 is 1.64 bits per heavy atom. The molecule has 0 aromatic heterocycles. The first-order valence-electron chi connectivity index (χ1n) is 8.70. The Bertz CT molecular complexity index is 1130. The Balaban J connectivity index is 1.94. The summed E-state index contributed by atoms with van der Waals surface area (Å²) < 4.78 is 5.99. The molecule has 2 unspecified atom stereocenters. The fourth-order valence-corrected chi connectivity index (χ4v) is 5.02. The van der Waals surface area contributed by atoms with Gasteiger partial charge in [-0.05, 0) is 24.3 Å². The van der Waals surface area contributed by atoms with Crippen LogP contribution in [0.3, 0.4) is 0 Å². The number of fused-ring (bicyclic) bond motifs is 5. The van der Waals surface area contributed by atoms with Gasteiger partial charge in [-0.15, -0.1) is 0 Å². The number of carbonyl (C=O) groups is 3. The standard InChI is InChI=1S/C21H15ClN2O4/c1-23-16-6-4-3-5-14(16)20(18(23)26)12(10-25)11-28-21(20)15-9-13(22)7-8-17(15)24(2)19(21)27/h3-11H,1-2H3. The van der Waals surface area contributed by atoms with E-state index in [4.69, 9.17) is 16.3 Å². The summed E-state index contributed by atoms with van der Waals surface area (Å²) in [5.74, 6) is -0.810. The van der Waals surface area contributed by atoms with Crippen LogP contribution in [0.5, 0.6) is 0 Å². The number of hydrogen-bond donors (Lipinski definition) is 0. The molecule has 0 fully saturated rings. The second-order valence-electron chi connectivity index (χ2n) is 7.15. The zero-order chi connectivity index (χ0) is 19.8. The van der Waals surface area contributed by atoms with E-state index in [1.54, 1.807) is 50.5 Å². The van der Waals surface area contributed by atoms with Crippen LogP contribution in [0, 0.1) is 0 Å². The fraction of sp³-hybridized carbons (Fsp3) is 0.190. The Morgan fingerprint density at radius 1 is 0.964 bits per heavy atom. The Hall–Kier alpha value is -3.12. The molecule has 2 aromatic rings. The molecule has 140 valence electrons. The minimum Gasteiger partial charge on any atom is -0.478 e. The first-order valence-corrected chi connectivity index (χ1v) is 9.08. The molecular weight excluding hydrogens is 380 g/mol. The van der Waals surface area contributed by atoms with Gasteiger partial charge < -0.3 is 14.5 Å². The second-order valence-corrected chi connectivity index (χ2v) is 7.58. The van der Waals surface area contributed by atoms with Gasteiger partial charge in [0.15, 0.2) is 11.7 Å². The van der Waals surface area contributed by atoms with Crippen LogP contribution in [0.2, 0.25) is 5.02 Å². The van der Waals surface area contributed by atoms with Gasteiger partial charge in [0.25, 0.3) is 5.91 Å². The molecular formula is C21H15ClN2O4. The lowest BCUT2D eigenvalue weighted by Crippen LogP contribution is -2.58. The number of carbonyl (C=O) groups excluding carboxylic acids is 3. The van der Waals surface area contributed by atoms with Crippen molar-refractivity contribution >= 4 is 41.1 Å². The third kappa shape index (κ3) is 1.56. The smallest absolute Gasteiger partial charge is 0.277 e. The summed E-state index contributed by atoms with van der Waals surface area (Å²) in [4.78, 5) is 42.3. The average Bonchev–Trinajstić information content (AvgIpc) is 3.24. The maximum absolute atomic E-state index is 13.7. The molecule has 3 aliphatic rings. The van der Waals surface area contributed by atoms with E-state index in [0.29, 0.717) is 33.8 Å². The molecule has 2 atom stereocenters. The maximum atomic E-state index is 13.7. The highest BCUT2D eigenvalue weighted by molar-refractivity contribution is 6.31. The number of rotatable bonds is 1. The molecule has 5 rings (SSSR count). The Morgan fingerprint density at radius 3 is 2.39 bits per heavy atom. The largest absolute Gasteiger partial charge is 0.478 e. The summed E-state index contributed by atoms with van der Waals surface area (Å²) >= 11 is 6.24. The van der Waals surface area contributed by atoms with E-state index in [1.807, 2.05) is 6.07 Å². The molecule has 0 radical (unpaired) electrons. The molecule has 2 aromatic carbocycles. The van der Waals surface area contributed by atoms with Crippen molar-refractivity contribution in [3.8, 4) is 0 Å². The van der Waals surface area contributed by atoms with Gasteiger partial charge in [0.2, 0.25) is 11.5 Å². The molecule has 3 heterocycles. The number of likely N-dealkylation sites (N-methyl/N-ethyl adjacent to an activating group) is 2. The minimum absolute atomic E-state index is 0.115. The monoisotopic (exact) mass is 394 g/mol. The molecule has 0 aliphatic carbocycles. The Labute approximate surface area is 165 Å². The topological polar surface area (TPSA) is 66.9 Å². The van der Waals surface area contributed by atoms with Gasteiger partial charge in [0.1, 0.15) is 0 Å². The van der Waals surface area contributed by atoms with Gasteiger partial charge >= 0.3 is 0 Å². The Kier molecular flexibility index (Phi) is 3.18. The zero-order valence-corrected chi connectivity index (χ0v) is 15.9. The van der Waals surface area contributed by atoms with E-state index in [1.165, 1.54) is 16.1 Å². The second kappa shape index (κ2) is 5.23. The van der Waals surface area contributed by atoms with E-state index >= 15 is 0 Å². The number of ether oxygens (including phenoxy) is 1. The van der Waals surface area contributed by atoms with Gasteiger partial charge in [-0.25, -0.2) is 0 Å². The van der Waals surface area contributed by atoms with Gasteiger partial charge in [0.05, 0.1) is 17.5 Å². The van der Waals surface area contributed by atoms with Crippen molar-refractivity contribution in [1.82, 2.24) is 0 Å². The van der Waals surface area contributed by atoms with Crippen LogP contribution in [0.1, 0.15) is 11.1 Å². The lowest BCUT2D eigenvalue weighted by atomic mass is 9.62. The lowest BCUT2D eigenvalue weighted by Gasteiger charge is -2.37. The molecule has 2 spiro atoms. The number of anilines is 2. The van der Waals surface area contributed by atoms with Gasteiger partial charge in [-0.2, -0.15) is 0 Å². The van der Waals surface area contributed by atoms with Crippen LogP contribution in [0.4, 0.5) is 11.4 Å². The van der Waals surface area contributed by atoms with E-state index in [9.17, 15) is 14.4 Å². The molecule has 7 heteroatoms. The number of amides is 2. The fourth-order valence-electron chi connectivity index (χ4n) is 4.85. The van der Waals surface area contributed by atoms with E-state index in [-0.39, 0.29) is 11.5 Å². The van der Waals surface area contributed by atoms with Crippen molar-refractivity contribution in [2.24, 2.45) is 0 Å². The highest BCUT2D eigenvalue weighted by atomic mass is 35.5. The van der Waals surface area contributed by atoms with Crippen molar-refractivity contribution in [1.29, 1.82) is 0 Å². The number of nitrogens with zero attached hydrogens (tertiary/aromatic N) is 2. The van der Waals surface area contributed by atoms with Crippen LogP contribution in [-0.4, -0.2) is 32.2 Å². The number of hydrogen-bond acceptors (Lipinski definition) is 4. The summed E-state index contributed by atoms with van der Waals surface area (Å²) in [7, 11) is 3.25. The van der Waals surface area contributed by atoms with Crippen molar-refractivity contribution in [2.45, 2.75) is 11.0 Å². The number of benzene rings is 2. The van der Waals surface area contributed by atoms with Crippen LogP contribution in [0.15, 0.2) is 54.3 Å². The summed E-state index contributed by atoms with van der Waals surface area (Å²) in [6.45, 7) is 0. The summed E-state index contributed by atoms with van der Waals surface area (Å²) in [5.41, 5.74) is -0.960. The van der Waals surface area contributed by atoms with Gasteiger partial charge in [0, 0.05) is 35.9 Å². The normalized spacial score (nSPS) is 27.3. The summed E-state index contributed by atoms with van der Waals surface area (Å²) in [5, 5.41) is 0.409. The number of para-hydroxylation sites is 1. The quantitative estimate of drug-likeness (QED) is 0.697. The van der Waals surface area contributed by atoms with E-state index in [0.717, 1.165) is 0 Å². The first kappa shape index (κ1) is 17.0. The van der Waals surface area contributed by atoms with Crippen molar-refractivity contribution < 1.29 is 19.1 Å². The van der Waals surface area contributed by atoms with Gasteiger partial charge in [-0.1, -0.05) is 29.8 Å². The highest BCUT2D eigenvalue weighted by Crippen LogP contribution is 2.63. The van der Waals surface area contributed by atoms with Crippen LogP contribution < -0.4 is 9.80 Å². The molecule has 2 amide bonds. The third-order valence-electron chi connectivity index (χ3n) is 6.05. The molecule has 28 heavy (non-hydrogen) atoms. The third-order valence-corrected chi connectivity index (χ3v) is 6.29. The van der Waals surface area contributed by atoms with Crippen molar-refractivity contribution in [2.75, 3.05) is 23.9 Å². The molecule has 0 saturated carbocycles. The average molecular weight is 395 g/mol. The number of halogens is 1. The SMILES string of the molecule is CN1C(=O)C2(OC=C(C=O)C23C(=O)N(C)c2ccccc23)c2cc(Cl)ccc21. The number of aldehydes is 1. The van der Waals surface area contributed by atoms with Crippen molar-refractivity contribution in [3.63, 3.8) is 0 Å². The lowest BCUT2D eigenvalue weighted by molar-refractivity contribution is -0.147. The maximum Gasteiger partial charge on any atom is 0.277 e. The van der Waals surface area contributed by atoms with Crippen LogP contribution in [-0.2, 0) is 30.1 Å². The molecule has 0 saturated heterocycles. The van der Waals surface area contributed by atoms with Crippen LogP contribution in [0.25, 0.3) is 0 Å². The first-order chi connectivity index (χ1) is 13.4. The molecule has 0 N–H and O–H groups in total. The van der Waals surface area contributed by atoms with E-state index < -0.39 is 16.9 Å². The zero-order valence-electron chi connectivity index (χ0n) is 15.1. The minimum atomic E-state index is -1.73. The molecule has 0 bridgehead atoms. The van der Waals surface area contributed by atoms with E-state index in [2.05, 4.69) is 0 Å².